The second-order valence-corrected chi connectivity index (χ2v) is 3.80. The first-order valence-electron chi connectivity index (χ1n) is 5.57. The molecular weight excluding hydrogens is 176 g/mol. The summed E-state index contributed by atoms with van der Waals surface area (Å²) >= 11 is 0. The molecule has 0 radical (unpaired) electrons. The SMILES string of the molecule is CCC1CN(C(C#N)CC)CCCO1. The topological polar surface area (TPSA) is 36.3 Å². The quantitative estimate of drug-likeness (QED) is 0.690. The molecule has 3 nitrogen and oxygen atoms in total. The fraction of sp³-hybridized carbons (Fsp3) is 0.909. The molecule has 0 aromatic heterocycles. The Morgan fingerprint density at radius 1 is 1.57 bits per heavy atom. The lowest BCUT2D eigenvalue weighted by atomic mass is 10.1. The minimum absolute atomic E-state index is 0.0748. The molecule has 0 amide bonds. The summed E-state index contributed by atoms with van der Waals surface area (Å²) in [5.41, 5.74) is 0. The van der Waals surface area contributed by atoms with Crippen LogP contribution in [0.3, 0.4) is 0 Å². The average molecular weight is 196 g/mol. The molecule has 14 heavy (non-hydrogen) atoms. The highest BCUT2D eigenvalue weighted by Crippen LogP contribution is 2.12. The summed E-state index contributed by atoms with van der Waals surface area (Å²) in [6, 6.07) is 2.44. The van der Waals surface area contributed by atoms with Crippen molar-refractivity contribution < 1.29 is 4.74 Å². The van der Waals surface area contributed by atoms with E-state index < -0.39 is 0 Å². The van der Waals surface area contributed by atoms with Crippen LogP contribution in [0.1, 0.15) is 33.1 Å². The molecular formula is C11H20N2O. The first-order valence-corrected chi connectivity index (χ1v) is 5.57. The van der Waals surface area contributed by atoms with Crippen LogP contribution in [-0.4, -0.2) is 36.7 Å². The van der Waals surface area contributed by atoms with Crippen molar-refractivity contribution in [2.75, 3.05) is 19.7 Å². The van der Waals surface area contributed by atoms with E-state index in [1.54, 1.807) is 0 Å². The molecule has 2 atom stereocenters. The Morgan fingerprint density at radius 2 is 2.36 bits per heavy atom. The number of hydrogen-bond acceptors (Lipinski definition) is 3. The molecule has 0 aromatic rings. The van der Waals surface area contributed by atoms with Crippen molar-refractivity contribution >= 4 is 0 Å². The van der Waals surface area contributed by atoms with E-state index in [0.717, 1.165) is 39.0 Å². The Morgan fingerprint density at radius 3 is 2.93 bits per heavy atom. The van der Waals surface area contributed by atoms with Crippen LogP contribution in [0.5, 0.6) is 0 Å². The van der Waals surface area contributed by atoms with Gasteiger partial charge >= 0.3 is 0 Å². The number of nitriles is 1. The minimum atomic E-state index is 0.0748. The molecule has 2 unspecified atom stereocenters. The molecule has 1 fully saturated rings. The predicted octanol–water partition coefficient (Wildman–Crippen LogP) is 1.79. The Balaban J connectivity index is 2.54. The van der Waals surface area contributed by atoms with E-state index >= 15 is 0 Å². The first-order chi connectivity index (χ1) is 6.81. The van der Waals surface area contributed by atoms with Gasteiger partial charge in [-0.3, -0.25) is 4.90 Å². The normalized spacial score (nSPS) is 26.5. The Kier molecular flexibility index (Phi) is 4.92. The van der Waals surface area contributed by atoms with E-state index in [-0.39, 0.29) is 6.04 Å². The first kappa shape index (κ1) is 11.5. The molecule has 0 bridgehead atoms. The third-order valence-corrected chi connectivity index (χ3v) is 2.81. The van der Waals surface area contributed by atoms with Gasteiger partial charge in [0, 0.05) is 19.7 Å². The second kappa shape index (κ2) is 6.00. The zero-order valence-electron chi connectivity index (χ0n) is 9.20. The van der Waals surface area contributed by atoms with Crippen LogP contribution in [-0.2, 0) is 4.74 Å². The van der Waals surface area contributed by atoms with Crippen molar-refractivity contribution in [3.05, 3.63) is 0 Å². The number of rotatable bonds is 3. The van der Waals surface area contributed by atoms with Crippen LogP contribution in [0.25, 0.3) is 0 Å². The van der Waals surface area contributed by atoms with Crippen LogP contribution in [0, 0.1) is 11.3 Å². The van der Waals surface area contributed by atoms with Gasteiger partial charge in [0.15, 0.2) is 0 Å². The summed E-state index contributed by atoms with van der Waals surface area (Å²) in [7, 11) is 0. The molecule has 1 saturated heterocycles. The van der Waals surface area contributed by atoms with E-state index in [2.05, 4.69) is 24.8 Å². The molecule has 1 aliphatic heterocycles. The molecule has 80 valence electrons. The lowest BCUT2D eigenvalue weighted by molar-refractivity contribution is 0.0487. The summed E-state index contributed by atoms with van der Waals surface area (Å²) in [5.74, 6) is 0. The Labute approximate surface area is 86.6 Å². The fourth-order valence-corrected chi connectivity index (χ4v) is 1.88. The van der Waals surface area contributed by atoms with Gasteiger partial charge < -0.3 is 4.74 Å². The molecule has 1 rings (SSSR count). The molecule has 0 aliphatic carbocycles. The van der Waals surface area contributed by atoms with Gasteiger partial charge in [0.25, 0.3) is 0 Å². The monoisotopic (exact) mass is 196 g/mol. The lowest BCUT2D eigenvalue weighted by Gasteiger charge is -2.26. The minimum Gasteiger partial charge on any atom is -0.377 e. The third-order valence-electron chi connectivity index (χ3n) is 2.81. The van der Waals surface area contributed by atoms with Gasteiger partial charge in [-0.15, -0.1) is 0 Å². The molecule has 0 N–H and O–H groups in total. The Bertz CT molecular complexity index is 200. The van der Waals surface area contributed by atoms with Crippen LogP contribution in [0.2, 0.25) is 0 Å². The van der Waals surface area contributed by atoms with Crippen molar-refractivity contribution in [2.24, 2.45) is 0 Å². The van der Waals surface area contributed by atoms with Gasteiger partial charge in [0.05, 0.1) is 18.2 Å². The van der Waals surface area contributed by atoms with E-state index in [0.29, 0.717) is 6.10 Å². The van der Waals surface area contributed by atoms with Crippen molar-refractivity contribution in [1.82, 2.24) is 4.90 Å². The van der Waals surface area contributed by atoms with Gasteiger partial charge in [-0.2, -0.15) is 5.26 Å². The van der Waals surface area contributed by atoms with Gasteiger partial charge in [0.2, 0.25) is 0 Å². The highest BCUT2D eigenvalue weighted by Gasteiger charge is 2.22. The fourth-order valence-electron chi connectivity index (χ4n) is 1.88. The number of hydrogen-bond donors (Lipinski definition) is 0. The molecule has 0 spiro atoms. The number of ether oxygens (including phenoxy) is 1. The molecule has 1 aliphatic rings. The van der Waals surface area contributed by atoms with Gasteiger partial charge in [-0.25, -0.2) is 0 Å². The van der Waals surface area contributed by atoms with Crippen molar-refractivity contribution in [2.45, 2.75) is 45.3 Å². The Hall–Kier alpha value is -0.590. The van der Waals surface area contributed by atoms with Gasteiger partial charge in [-0.05, 0) is 19.3 Å². The molecule has 3 heteroatoms. The maximum Gasteiger partial charge on any atom is 0.0976 e. The zero-order valence-corrected chi connectivity index (χ0v) is 9.20. The van der Waals surface area contributed by atoms with Crippen molar-refractivity contribution in [1.29, 1.82) is 5.26 Å². The van der Waals surface area contributed by atoms with Crippen molar-refractivity contribution in [3.8, 4) is 6.07 Å². The summed E-state index contributed by atoms with van der Waals surface area (Å²) in [4.78, 5) is 2.27. The summed E-state index contributed by atoms with van der Waals surface area (Å²) < 4.78 is 5.67. The van der Waals surface area contributed by atoms with E-state index in [9.17, 15) is 0 Å². The molecule has 0 saturated carbocycles. The van der Waals surface area contributed by atoms with Crippen LogP contribution in [0.15, 0.2) is 0 Å². The maximum atomic E-state index is 9.00. The van der Waals surface area contributed by atoms with Crippen LogP contribution < -0.4 is 0 Å². The smallest absolute Gasteiger partial charge is 0.0976 e. The van der Waals surface area contributed by atoms with E-state index in [4.69, 9.17) is 10.00 Å². The second-order valence-electron chi connectivity index (χ2n) is 3.80. The lowest BCUT2D eigenvalue weighted by Crippen LogP contribution is -2.38. The average Bonchev–Trinajstić information content (AvgIpc) is 2.45. The predicted molar refractivity (Wildman–Crippen MR) is 55.9 cm³/mol. The molecule has 0 aromatic carbocycles. The zero-order chi connectivity index (χ0) is 10.4. The van der Waals surface area contributed by atoms with Crippen LogP contribution >= 0.6 is 0 Å². The highest BCUT2D eigenvalue weighted by molar-refractivity contribution is 4.92. The standard InChI is InChI=1S/C11H20N2O/c1-3-10(8-12)13-6-5-7-14-11(4-2)9-13/h10-11H,3-7,9H2,1-2H3. The maximum absolute atomic E-state index is 9.00. The third kappa shape index (κ3) is 2.97. The van der Waals surface area contributed by atoms with Crippen molar-refractivity contribution in [3.63, 3.8) is 0 Å². The van der Waals surface area contributed by atoms with Gasteiger partial charge in [0.1, 0.15) is 0 Å². The van der Waals surface area contributed by atoms with E-state index in [1.165, 1.54) is 0 Å². The van der Waals surface area contributed by atoms with E-state index in [1.807, 2.05) is 0 Å². The van der Waals surface area contributed by atoms with Crippen LogP contribution in [0.4, 0.5) is 0 Å². The highest BCUT2D eigenvalue weighted by atomic mass is 16.5. The summed E-state index contributed by atoms with van der Waals surface area (Å²) in [5, 5.41) is 9.00. The summed E-state index contributed by atoms with van der Waals surface area (Å²) in [6.07, 6.45) is 3.32. The number of nitrogens with zero attached hydrogens (tertiary/aromatic N) is 2. The summed E-state index contributed by atoms with van der Waals surface area (Å²) in [6.45, 7) is 6.98. The van der Waals surface area contributed by atoms with Gasteiger partial charge in [-0.1, -0.05) is 13.8 Å². The largest absolute Gasteiger partial charge is 0.377 e. The molecule has 1 heterocycles.